The molecular weight excluding hydrogens is 180 g/mol. The summed E-state index contributed by atoms with van der Waals surface area (Å²) in [6, 6.07) is 3.68. The van der Waals surface area contributed by atoms with Crippen molar-refractivity contribution in [2.75, 3.05) is 12.8 Å². The number of carbonyl (C=O) groups excluding carboxylic acids is 1. The molecule has 4 heteroatoms. The topological polar surface area (TPSA) is 64.3 Å². The van der Waals surface area contributed by atoms with Crippen LogP contribution in [0.1, 0.15) is 11.1 Å². The third-order valence-corrected chi connectivity index (χ3v) is 1.85. The molecule has 0 aliphatic carbocycles. The normalized spacial score (nSPS) is 9.64. The first-order chi connectivity index (χ1) is 6.54. The zero-order valence-corrected chi connectivity index (χ0v) is 8.55. The van der Waals surface area contributed by atoms with Crippen LogP contribution in [0.25, 0.3) is 0 Å². The molecule has 3 N–H and O–H groups in total. The van der Waals surface area contributed by atoms with Gasteiger partial charge in [0, 0.05) is 7.05 Å². The molecule has 0 unspecified atom stereocenters. The smallest absolute Gasteiger partial charge is 0.408 e. The van der Waals surface area contributed by atoms with Crippen molar-refractivity contribution >= 4 is 11.8 Å². The van der Waals surface area contributed by atoms with E-state index in [-0.39, 0.29) is 0 Å². The summed E-state index contributed by atoms with van der Waals surface area (Å²) in [7, 11) is 1.50. The third kappa shape index (κ3) is 2.16. The fourth-order valence-corrected chi connectivity index (χ4v) is 1.27. The van der Waals surface area contributed by atoms with Crippen molar-refractivity contribution in [3.8, 4) is 5.75 Å². The summed E-state index contributed by atoms with van der Waals surface area (Å²) in [5.41, 5.74) is 8.10. The Balaban J connectivity index is 3.02. The van der Waals surface area contributed by atoms with Gasteiger partial charge in [-0.1, -0.05) is 6.07 Å². The number of aryl methyl sites for hydroxylation is 2. The van der Waals surface area contributed by atoms with Gasteiger partial charge in [-0.25, -0.2) is 4.79 Å². The number of amides is 1. The first-order valence-electron chi connectivity index (χ1n) is 4.31. The van der Waals surface area contributed by atoms with Gasteiger partial charge in [0.1, 0.15) is 0 Å². The van der Waals surface area contributed by atoms with Crippen LogP contribution in [-0.4, -0.2) is 13.1 Å². The minimum absolute atomic E-state index is 0.426. The van der Waals surface area contributed by atoms with E-state index in [9.17, 15) is 4.79 Å². The van der Waals surface area contributed by atoms with Gasteiger partial charge in [-0.15, -0.1) is 0 Å². The van der Waals surface area contributed by atoms with Crippen LogP contribution in [0.3, 0.4) is 0 Å². The number of anilines is 1. The molecule has 0 aliphatic heterocycles. The highest BCUT2D eigenvalue weighted by atomic mass is 16.6. The lowest BCUT2D eigenvalue weighted by Crippen LogP contribution is -2.23. The van der Waals surface area contributed by atoms with E-state index >= 15 is 0 Å². The number of benzene rings is 1. The summed E-state index contributed by atoms with van der Waals surface area (Å²) in [5.74, 6) is 0.426. The Morgan fingerprint density at radius 3 is 2.57 bits per heavy atom. The Labute approximate surface area is 83.1 Å². The molecule has 0 saturated carbocycles. The summed E-state index contributed by atoms with van der Waals surface area (Å²) in [4.78, 5) is 11.0. The average Bonchev–Trinajstić information content (AvgIpc) is 2.10. The minimum atomic E-state index is -0.511. The van der Waals surface area contributed by atoms with Crippen LogP contribution in [0.15, 0.2) is 12.1 Å². The van der Waals surface area contributed by atoms with Crippen molar-refractivity contribution in [2.45, 2.75) is 13.8 Å². The van der Waals surface area contributed by atoms with E-state index in [1.54, 1.807) is 6.07 Å². The van der Waals surface area contributed by atoms with E-state index in [1.807, 2.05) is 19.9 Å². The third-order valence-electron chi connectivity index (χ3n) is 1.85. The largest absolute Gasteiger partial charge is 0.412 e. The zero-order chi connectivity index (χ0) is 10.7. The second-order valence-electron chi connectivity index (χ2n) is 3.14. The SMILES string of the molecule is CNC(=O)Oc1c(C)cc(C)cc1N. The predicted octanol–water partition coefficient (Wildman–Crippen LogP) is 1.60. The van der Waals surface area contributed by atoms with E-state index < -0.39 is 6.09 Å². The van der Waals surface area contributed by atoms with Gasteiger partial charge < -0.3 is 15.8 Å². The van der Waals surface area contributed by atoms with Gasteiger partial charge in [0.05, 0.1) is 5.69 Å². The molecule has 0 atom stereocenters. The maximum atomic E-state index is 11.0. The van der Waals surface area contributed by atoms with Gasteiger partial charge in [0.15, 0.2) is 5.75 Å². The molecular formula is C10H14N2O2. The fourth-order valence-electron chi connectivity index (χ4n) is 1.27. The summed E-state index contributed by atoms with van der Waals surface area (Å²) < 4.78 is 5.01. The number of rotatable bonds is 1. The highest BCUT2D eigenvalue weighted by molar-refractivity contribution is 5.73. The Morgan fingerprint density at radius 2 is 2.07 bits per heavy atom. The Kier molecular flexibility index (Phi) is 2.96. The molecule has 0 heterocycles. The van der Waals surface area contributed by atoms with Crippen LogP contribution in [0.2, 0.25) is 0 Å². The number of ether oxygens (including phenoxy) is 1. The summed E-state index contributed by atoms with van der Waals surface area (Å²) in [6.07, 6.45) is -0.511. The average molecular weight is 194 g/mol. The highest BCUT2D eigenvalue weighted by Gasteiger charge is 2.09. The second-order valence-corrected chi connectivity index (χ2v) is 3.14. The lowest BCUT2D eigenvalue weighted by molar-refractivity contribution is 0.203. The van der Waals surface area contributed by atoms with Gasteiger partial charge in [0.25, 0.3) is 0 Å². The van der Waals surface area contributed by atoms with Crippen LogP contribution < -0.4 is 15.8 Å². The van der Waals surface area contributed by atoms with Crippen molar-refractivity contribution in [2.24, 2.45) is 0 Å². The molecule has 0 saturated heterocycles. The van der Waals surface area contributed by atoms with Crippen molar-refractivity contribution in [1.29, 1.82) is 0 Å². The first kappa shape index (κ1) is 10.4. The van der Waals surface area contributed by atoms with E-state index in [0.29, 0.717) is 11.4 Å². The lowest BCUT2D eigenvalue weighted by atomic mass is 10.1. The maximum Gasteiger partial charge on any atom is 0.412 e. The van der Waals surface area contributed by atoms with Gasteiger partial charge in [-0.3, -0.25) is 0 Å². The van der Waals surface area contributed by atoms with Gasteiger partial charge in [-0.05, 0) is 31.0 Å². The molecule has 0 fully saturated rings. The number of hydrogen-bond donors (Lipinski definition) is 2. The van der Waals surface area contributed by atoms with E-state index in [1.165, 1.54) is 7.05 Å². The quantitative estimate of drug-likeness (QED) is 0.667. The molecule has 76 valence electrons. The predicted molar refractivity (Wildman–Crippen MR) is 55.4 cm³/mol. The van der Waals surface area contributed by atoms with Crippen LogP contribution in [0, 0.1) is 13.8 Å². The minimum Gasteiger partial charge on any atom is -0.408 e. The van der Waals surface area contributed by atoms with E-state index in [4.69, 9.17) is 10.5 Å². The summed E-state index contributed by atoms with van der Waals surface area (Å²) in [6.45, 7) is 3.79. The number of nitrogens with one attached hydrogen (secondary N) is 1. The molecule has 0 aromatic heterocycles. The summed E-state index contributed by atoms with van der Waals surface area (Å²) >= 11 is 0. The molecule has 0 spiro atoms. The van der Waals surface area contributed by atoms with Gasteiger partial charge >= 0.3 is 6.09 Å². The Hall–Kier alpha value is -1.71. The van der Waals surface area contributed by atoms with Crippen LogP contribution >= 0.6 is 0 Å². The monoisotopic (exact) mass is 194 g/mol. The zero-order valence-electron chi connectivity index (χ0n) is 8.55. The van der Waals surface area contributed by atoms with Crippen molar-refractivity contribution in [1.82, 2.24) is 5.32 Å². The van der Waals surface area contributed by atoms with Crippen molar-refractivity contribution < 1.29 is 9.53 Å². The second kappa shape index (κ2) is 4.00. The molecule has 0 radical (unpaired) electrons. The highest BCUT2D eigenvalue weighted by Crippen LogP contribution is 2.27. The molecule has 0 aliphatic rings. The number of hydrogen-bond acceptors (Lipinski definition) is 3. The molecule has 14 heavy (non-hydrogen) atoms. The van der Waals surface area contributed by atoms with E-state index in [0.717, 1.165) is 11.1 Å². The molecule has 1 rings (SSSR count). The van der Waals surface area contributed by atoms with Crippen molar-refractivity contribution in [3.63, 3.8) is 0 Å². The Bertz CT molecular complexity index is 338. The van der Waals surface area contributed by atoms with Crippen LogP contribution in [-0.2, 0) is 0 Å². The lowest BCUT2D eigenvalue weighted by Gasteiger charge is -2.10. The van der Waals surface area contributed by atoms with Gasteiger partial charge in [-0.2, -0.15) is 0 Å². The van der Waals surface area contributed by atoms with Gasteiger partial charge in [0.2, 0.25) is 0 Å². The molecule has 4 nitrogen and oxygen atoms in total. The number of nitrogen functional groups attached to an aromatic ring is 1. The molecule has 1 aromatic rings. The first-order valence-corrected chi connectivity index (χ1v) is 4.31. The molecule has 1 amide bonds. The number of nitrogens with two attached hydrogens (primary N) is 1. The van der Waals surface area contributed by atoms with Crippen LogP contribution in [0.4, 0.5) is 10.5 Å². The summed E-state index contributed by atoms with van der Waals surface area (Å²) in [5, 5.41) is 2.37. The fraction of sp³-hybridized carbons (Fsp3) is 0.300. The Morgan fingerprint density at radius 1 is 1.43 bits per heavy atom. The van der Waals surface area contributed by atoms with Crippen LogP contribution in [0.5, 0.6) is 5.75 Å². The standard InChI is InChI=1S/C10H14N2O2/c1-6-4-7(2)9(8(11)5-6)14-10(13)12-3/h4-5H,11H2,1-3H3,(H,12,13). The number of carbonyl (C=O) groups is 1. The molecule has 0 bridgehead atoms. The van der Waals surface area contributed by atoms with Crippen molar-refractivity contribution in [3.05, 3.63) is 23.3 Å². The van der Waals surface area contributed by atoms with E-state index in [2.05, 4.69) is 5.32 Å². The maximum absolute atomic E-state index is 11.0. The molecule has 1 aromatic carbocycles.